The van der Waals surface area contributed by atoms with E-state index in [-0.39, 0.29) is 23.7 Å². The molecule has 2 atom stereocenters. The third-order valence-electron chi connectivity index (χ3n) is 6.39. The highest BCUT2D eigenvalue weighted by Crippen LogP contribution is 2.43. The Bertz CT molecular complexity index is 921. The first-order valence-electron chi connectivity index (χ1n) is 11.4. The van der Waals surface area contributed by atoms with E-state index >= 15 is 0 Å². The van der Waals surface area contributed by atoms with Crippen LogP contribution in [0.25, 0.3) is 0 Å². The van der Waals surface area contributed by atoms with Crippen LogP contribution >= 0.6 is 0 Å². The summed E-state index contributed by atoms with van der Waals surface area (Å²) in [4.78, 5) is 15.0. The number of methoxy groups -OCH3 is 1. The zero-order chi connectivity index (χ0) is 22.7. The summed E-state index contributed by atoms with van der Waals surface area (Å²) in [5.41, 5.74) is 1.29. The predicted octanol–water partition coefficient (Wildman–Crippen LogP) is 4.37. The second-order valence-electron chi connectivity index (χ2n) is 9.12. The summed E-state index contributed by atoms with van der Waals surface area (Å²) >= 11 is 0. The van der Waals surface area contributed by atoms with Crippen molar-refractivity contribution in [2.75, 3.05) is 20.2 Å². The van der Waals surface area contributed by atoms with Crippen molar-refractivity contribution in [2.24, 2.45) is 0 Å². The lowest BCUT2D eigenvalue weighted by molar-refractivity contribution is -0.181. The van der Waals surface area contributed by atoms with Crippen LogP contribution in [0.15, 0.2) is 48.5 Å². The molecule has 172 valence electrons. The number of nitrogens with zero attached hydrogens (tertiary/aromatic N) is 1. The summed E-state index contributed by atoms with van der Waals surface area (Å²) in [5, 5.41) is 10.6. The van der Waals surface area contributed by atoms with E-state index in [9.17, 15) is 9.90 Å². The minimum absolute atomic E-state index is 0.0225. The SMILES string of the molecule is COc1cc(C(=O)N2CCC3(CC2)CC(O)CC(c2ccccc2)O3)ccc1OC(C)C. The van der Waals surface area contributed by atoms with Crippen LogP contribution in [0.1, 0.15) is 61.6 Å². The van der Waals surface area contributed by atoms with E-state index in [1.54, 1.807) is 25.3 Å². The van der Waals surface area contributed by atoms with Gasteiger partial charge in [0.2, 0.25) is 0 Å². The number of carbonyl (C=O) groups is 1. The maximum atomic E-state index is 13.2. The molecular formula is C26H33NO5. The fourth-order valence-corrected chi connectivity index (χ4v) is 4.80. The topological polar surface area (TPSA) is 68.2 Å². The molecule has 0 bridgehead atoms. The van der Waals surface area contributed by atoms with Gasteiger partial charge in [0.1, 0.15) is 0 Å². The summed E-state index contributed by atoms with van der Waals surface area (Å²) in [5.74, 6) is 1.17. The van der Waals surface area contributed by atoms with Gasteiger partial charge in [0, 0.05) is 31.5 Å². The van der Waals surface area contributed by atoms with Crippen molar-refractivity contribution in [3.05, 3.63) is 59.7 Å². The van der Waals surface area contributed by atoms with Crippen LogP contribution in [0.5, 0.6) is 11.5 Å². The van der Waals surface area contributed by atoms with Crippen molar-refractivity contribution in [1.29, 1.82) is 0 Å². The summed E-state index contributed by atoms with van der Waals surface area (Å²) < 4.78 is 17.8. The smallest absolute Gasteiger partial charge is 0.253 e. The molecule has 2 aromatic rings. The number of hydrogen-bond donors (Lipinski definition) is 1. The summed E-state index contributed by atoms with van der Waals surface area (Å²) in [7, 11) is 1.58. The Labute approximate surface area is 190 Å². The average molecular weight is 440 g/mol. The normalized spacial score (nSPS) is 22.7. The van der Waals surface area contributed by atoms with Crippen molar-refractivity contribution in [3.63, 3.8) is 0 Å². The number of carbonyl (C=O) groups excluding carboxylic acids is 1. The molecule has 0 aromatic heterocycles. The van der Waals surface area contributed by atoms with Crippen molar-refractivity contribution in [3.8, 4) is 11.5 Å². The summed E-state index contributed by atoms with van der Waals surface area (Å²) in [6, 6.07) is 15.4. The number of aliphatic hydroxyl groups excluding tert-OH is 1. The third kappa shape index (κ3) is 4.92. The van der Waals surface area contributed by atoms with Gasteiger partial charge < -0.3 is 24.2 Å². The van der Waals surface area contributed by atoms with E-state index in [0.717, 1.165) is 5.56 Å². The molecule has 2 aromatic carbocycles. The number of piperidine rings is 1. The van der Waals surface area contributed by atoms with Gasteiger partial charge in [-0.2, -0.15) is 0 Å². The molecule has 2 saturated heterocycles. The van der Waals surface area contributed by atoms with Gasteiger partial charge >= 0.3 is 0 Å². The molecule has 4 rings (SSSR count). The molecule has 1 N–H and O–H groups in total. The van der Waals surface area contributed by atoms with Gasteiger partial charge in [-0.05, 0) is 50.5 Å². The van der Waals surface area contributed by atoms with Crippen LogP contribution in [0.3, 0.4) is 0 Å². The van der Waals surface area contributed by atoms with Crippen LogP contribution in [0, 0.1) is 0 Å². The van der Waals surface area contributed by atoms with E-state index in [1.165, 1.54) is 0 Å². The fourth-order valence-electron chi connectivity index (χ4n) is 4.80. The number of likely N-dealkylation sites (tertiary alicyclic amines) is 1. The van der Waals surface area contributed by atoms with E-state index in [4.69, 9.17) is 14.2 Å². The van der Waals surface area contributed by atoms with Gasteiger partial charge in [-0.3, -0.25) is 4.79 Å². The lowest BCUT2D eigenvalue weighted by Gasteiger charge is -2.48. The molecule has 0 radical (unpaired) electrons. The first kappa shape index (κ1) is 22.6. The predicted molar refractivity (Wildman–Crippen MR) is 122 cm³/mol. The molecule has 2 aliphatic heterocycles. The lowest BCUT2D eigenvalue weighted by atomic mass is 9.81. The van der Waals surface area contributed by atoms with E-state index in [1.807, 2.05) is 36.9 Å². The Morgan fingerprint density at radius 2 is 1.84 bits per heavy atom. The minimum Gasteiger partial charge on any atom is -0.493 e. The second-order valence-corrected chi connectivity index (χ2v) is 9.12. The van der Waals surface area contributed by atoms with Gasteiger partial charge in [-0.25, -0.2) is 0 Å². The van der Waals surface area contributed by atoms with Crippen molar-refractivity contribution in [1.82, 2.24) is 4.90 Å². The molecule has 2 fully saturated rings. The van der Waals surface area contributed by atoms with Crippen molar-refractivity contribution in [2.45, 2.75) is 63.4 Å². The largest absolute Gasteiger partial charge is 0.493 e. The second kappa shape index (κ2) is 9.51. The van der Waals surface area contributed by atoms with Crippen LogP contribution in [-0.4, -0.2) is 53.9 Å². The first-order valence-corrected chi connectivity index (χ1v) is 11.4. The van der Waals surface area contributed by atoms with Gasteiger partial charge in [0.05, 0.1) is 31.0 Å². The monoisotopic (exact) mass is 439 g/mol. The number of aliphatic hydroxyl groups is 1. The Kier molecular flexibility index (Phi) is 6.72. The average Bonchev–Trinajstić information content (AvgIpc) is 2.79. The molecule has 2 aliphatic rings. The quantitative estimate of drug-likeness (QED) is 0.749. The molecule has 0 aliphatic carbocycles. The molecular weight excluding hydrogens is 406 g/mol. The number of rotatable bonds is 5. The Morgan fingerprint density at radius 1 is 1.12 bits per heavy atom. The molecule has 2 heterocycles. The number of hydrogen-bond acceptors (Lipinski definition) is 5. The van der Waals surface area contributed by atoms with Crippen LogP contribution in [0.4, 0.5) is 0 Å². The Hall–Kier alpha value is -2.57. The molecule has 0 saturated carbocycles. The van der Waals surface area contributed by atoms with E-state index in [0.29, 0.717) is 55.8 Å². The molecule has 1 spiro atoms. The molecule has 32 heavy (non-hydrogen) atoms. The van der Waals surface area contributed by atoms with Crippen molar-refractivity contribution >= 4 is 5.91 Å². The highest BCUT2D eigenvalue weighted by atomic mass is 16.5. The number of ether oxygens (including phenoxy) is 3. The van der Waals surface area contributed by atoms with Gasteiger partial charge in [0.15, 0.2) is 11.5 Å². The fraction of sp³-hybridized carbons (Fsp3) is 0.500. The Morgan fingerprint density at radius 3 is 2.50 bits per heavy atom. The first-order chi connectivity index (χ1) is 15.4. The van der Waals surface area contributed by atoms with E-state index < -0.39 is 6.10 Å². The maximum Gasteiger partial charge on any atom is 0.253 e. The third-order valence-corrected chi connectivity index (χ3v) is 6.39. The van der Waals surface area contributed by atoms with E-state index in [2.05, 4.69) is 12.1 Å². The van der Waals surface area contributed by atoms with Crippen LogP contribution < -0.4 is 9.47 Å². The minimum atomic E-state index is -0.394. The highest BCUT2D eigenvalue weighted by Gasteiger charge is 2.44. The lowest BCUT2D eigenvalue weighted by Crippen LogP contribution is -2.52. The summed E-state index contributed by atoms with van der Waals surface area (Å²) in [6.07, 6.45) is 2.17. The molecule has 2 unspecified atom stereocenters. The number of benzene rings is 2. The van der Waals surface area contributed by atoms with Gasteiger partial charge in [-0.15, -0.1) is 0 Å². The summed E-state index contributed by atoms with van der Waals surface area (Å²) in [6.45, 7) is 5.10. The van der Waals surface area contributed by atoms with Gasteiger partial charge in [0.25, 0.3) is 5.91 Å². The zero-order valence-electron chi connectivity index (χ0n) is 19.1. The van der Waals surface area contributed by atoms with Crippen LogP contribution in [-0.2, 0) is 4.74 Å². The Balaban J connectivity index is 1.43. The van der Waals surface area contributed by atoms with Gasteiger partial charge in [-0.1, -0.05) is 30.3 Å². The molecule has 6 nitrogen and oxygen atoms in total. The van der Waals surface area contributed by atoms with Crippen molar-refractivity contribution < 1.29 is 24.1 Å². The number of amides is 1. The zero-order valence-corrected chi connectivity index (χ0v) is 19.1. The highest BCUT2D eigenvalue weighted by molar-refractivity contribution is 5.95. The molecule has 6 heteroatoms. The molecule has 1 amide bonds. The maximum absolute atomic E-state index is 13.2. The van der Waals surface area contributed by atoms with Crippen LogP contribution in [0.2, 0.25) is 0 Å². The standard InChI is InChI=1S/C26H33NO5/c1-18(2)31-22-10-9-20(15-24(22)30-3)25(29)27-13-11-26(12-14-27)17-21(28)16-23(32-26)19-7-5-4-6-8-19/h4-10,15,18,21,23,28H,11-14,16-17H2,1-3H3.